The maximum atomic E-state index is 12.0. The molecule has 1 aromatic carbocycles. The molecule has 1 N–H and O–H groups in total. The summed E-state index contributed by atoms with van der Waals surface area (Å²) in [7, 11) is 0. The van der Waals surface area contributed by atoms with Crippen LogP contribution in [0.15, 0.2) is 30.3 Å². The van der Waals surface area contributed by atoms with Crippen LogP contribution in [0, 0.1) is 5.92 Å². The lowest BCUT2D eigenvalue weighted by atomic mass is 9.95. The first-order valence-corrected chi connectivity index (χ1v) is 6.61. The minimum absolute atomic E-state index is 0.104. The third-order valence-corrected chi connectivity index (χ3v) is 3.47. The van der Waals surface area contributed by atoms with Gasteiger partial charge >= 0.3 is 0 Å². The lowest BCUT2D eigenvalue weighted by Gasteiger charge is -2.34. The van der Waals surface area contributed by atoms with Crippen LogP contribution in [0.1, 0.15) is 25.3 Å². The van der Waals surface area contributed by atoms with Gasteiger partial charge in [-0.15, -0.1) is 0 Å². The van der Waals surface area contributed by atoms with E-state index in [1.807, 2.05) is 37.3 Å². The van der Waals surface area contributed by atoms with Crippen LogP contribution in [0.3, 0.4) is 0 Å². The van der Waals surface area contributed by atoms with Gasteiger partial charge in [-0.25, -0.2) is 0 Å². The van der Waals surface area contributed by atoms with Crippen molar-refractivity contribution in [3.05, 3.63) is 35.9 Å². The highest BCUT2D eigenvalue weighted by atomic mass is 16.3. The first kappa shape index (κ1) is 13.7. The zero-order valence-electron chi connectivity index (χ0n) is 11.1. The fraction of sp³-hybridized carbons (Fsp3) is 0.467. The Hall–Kier alpha value is -1.68. The number of piperidine rings is 1. The SMILES string of the molecule is CC1CC(=O)N(C(CO)Cc2ccccc2)C(=O)C1. The molecule has 2 rings (SSSR count). The van der Waals surface area contributed by atoms with Crippen molar-refractivity contribution in [3.63, 3.8) is 0 Å². The van der Waals surface area contributed by atoms with Crippen LogP contribution in [0.5, 0.6) is 0 Å². The van der Waals surface area contributed by atoms with Crippen molar-refractivity contribution in [2.45, 2.75) is 32.2 Å². The third kappa shape index (κ3) is 3.20. The van der Waals surface area contributed by atoms with Crippen molar-refractivity contribution in [2.75, 3.05) is 6.61 Å². The Labute approximate surface area is 113 Å². The van der Waals surface area contributed by atoms with E-state index in [-0.39, 0.29) is 24.3 Å². The second-order valence-electron chi connectivity index (χ2n) is 5.20. The molecule has 1 saturated heterocycles. The zero-order valence-corrected chi connectivity index (χ0v) is 11.1. The number of amides is 2. The minimum atomic E-state index is -0.449. The number of aliphatic hydroxyl groups excluding tert-OH is 1. The van der Waals surface area contributed by atoms with Gasteiger partial charge in [-0.3, -0.25) is 14.5 Å². The smallest absolute Gasteiger partial charge is 0.229 e. The average molecular weight is 261 g/mol. The molecule has 0 saturated carbocycles. The van der Waals surface area contributed by atoms with Gasteiger partial charge in [-0.1, -0.05) is 37.3 Å². The van der Waals surface area contributed by atoms with Gasteiger partial charge in [0.1, 0.15) is 0 Å². The van der Waals surface area contributed by atoms with Gasteiger partial charge in [0.05, 0.1) is 12.6 Å². The summed E-state index contributed by atoms with van der Waals surface area (Å²) in [5.41, 5.74) is 1.01. The summed E-state index contributed by atoms with van der Waals surface area (Å²) < 4.78 is 0. The fourth-order valence-corrected chi connectivity index (χ4v) is 2.54. The van der Waals surface area contributed by atoms with Gasteiger partial charge in [0, 0.05) is 12.8 Å². The Morgan fingerprint density at radius 2 is 1.79 bits per heavy atom. The van der Waals surface area contributed by atoms with Crippen molar-refractivity contribution < 1.29 is 14.7 Å². The number of likely N-dealkylation sites (tertiary alicyclic amines) is 1. The van der Waals surface area contributed by atoms with Gasteiger partial charge in [0.2, 0.25) is 11.8 Å². The summed E-state index contributed by atoms with van der Waals surface area (Å²) in [6.45, 7) is 1.71. The fourth-order valence-electron chi connectivity index (χ4n) is 2.54. The monoisotopic (exact) mass is 261 g/mol. The number of rotatable bonds is 4. The molecule has 0 aliphatic carbocycles. The second-order valence-corrected chi connectivity index (χ2v) is 5.20. The summed E-state index contributed by atoms with van der Waals surface area (Å²) in [6.07, 6.45) is 1.28. The lowest BCUT2D eigenvalue weighted by molar-refractivity contribution is -0.153. The summed E-state index contributed by atoms with van der Waals surface area (Å²) in [6, 6.07) is 9.15. The molecule has 19 heavy (non-hydrogen) atoms. The van der Waals surface area contributed by atoms with Crippen molar-refractivity contribution >= 4 is 11.8 Å². The van der Waals surface area contributed by atoms with Crippen LogP contribution in [0.25, 0.3) is 0 Å². The van der Waals surface area contributed by atoms with Gasteiger partial charge in [-0.05, 0) is 17.9 Å². The van der Waals surface area contributed by atoms with Crippen molar-refractivity contribution in [2.24, 2.45) is 5.92 Å². The predicted molar refractivity (Wildman–Crippen MR) is 71.3 cm³/mol. The molecule has 0 bridgehead atoms. The largest absolute Gasteiger partial charge is 0.394 e. The molecular weight excluding hydrogens is 242 g/mol. The Morgan fingerprint density at radius 3 is 2.32 bits per heavy atom. The quantitative estimate of drug-likeness (QED) is 0.833. The van der Waals surface area contributed by atoms with E-state index in [1.165, 1.54) is 4.90 Å². The first-order valence-electron chi connectivity index (χ1n) is 6.61. The molecule has 1 aromatic rings. The van der Waals surface area contributed by atoms with Crippen molar-refractivity contribution in [1.82, 2.24) is 4.90 Å². The summed E-state index contributed by atoms with van der Waals surface area (Å²) in [5, 5.41) is 9.49. The third-order valence-electron chi connectivity index (χ3n) is 3.47. The van der Waals surface area contributed by atoms with Gasteiger partial charge < -0.3 is 5.11 Å². The molecule has 4 nitrogen and oxygen atoms in total. The molecule has 1 atom stereocenters. The molecule has 1 aliphatic rings. The summed E-state index contributed by atoms with van der Waals surface area (Å²) in [4.78, 5) is 25.3. The Bertz CT molecular complexity index is 440. The maximum Gasteiger partial charge on any atom is 0.229 e. The number of hydrogen-bond acceptors (Lipinski definition) is 3. The number of carbonyl (C=O) groups excluding carboxylic acids is 2. The van der Waals surface area contributed by atoms with Crippen LogP contribution in [-0.2, 0) is 16.0 Å². The number of nitrogens with zero attached hydrogens (tertiary/aromatic N) is 1. The van der Waals surface area contributed by atoms with E-state index < -0.39 is 6.04 Å². The molecule has 1 aliphatic heterocycles. The molecular formula is C15H19NO3. The average Bonchev–Trinajstić information content (AvgIpc) is 2.37. The van der Waals surface area contributed by atoms with E-state index in [0.717, 1.165) is 5.56 Å². The Kier molecular flexibility index (Phi) is 4.32. The van der Waals surface area contributed by atoms with E-state index in [1.54, 1.807) is 0 Å². The molecule has 1 heterocycles. The van der Waals surface area contributed by atoms with Gasteiger partial charge in [0.15, 0.2) is 0 Å². The number of benzene rings is 1. The number of aliphatic hydroxyl groups is 1. The van der Waals surface area contributed by atoms with Crippen molar-refractivity contribution in [3.8, 4) is 0 Å². The molecule has 1 fully saturated rings. The highest BCUT2D eigenvalue weighted by Gasteiger charge is 2.35. The standard InChI is InChI=1S/C15H19NO3/c1-11-7-14(18)16(15(19)8-11)13(10-17)9-12-5-3-2-4-6-12/h2-6,11,13,17H,7-10H2,1H3. The van der Waals surface area contributed by atoms with Crippen molar-refractivity contribution in [1.29, 1.82) is 0 Å². The highest BCUT2D eigenvalue weighted by Crippen LogP contribution is 2.22. The highest BCUT2D eigenvalue weighted by molar-refractivity contribution is 5.98. The van der Waals surface area contributed by atoms with Crippen LogP contribution in [0.4, 0.5) is 0 Å². The Morgan fingerprint density at radius 1 is 1.21 bits per heavy atom. The lowest BCUT2D eigenvalue weighted by Crippen LogP contribution is -2.51. The van der Waals surface area contributed by atoms with Gasteiger partial charge in [0.25, 0.3) is 0 Å². The topological polar surface area (TPSA) is 57.6 Å². The van der Waals surface area contributed by atoms with Crippen LogP contribution >= 0.6 is 0 Å². The summed E-state index contributed by atoms with van der Waals surface area (Å²) in [5.74, 6) is -0.232. The summed E-state index contributed by atoms with van der Waals surface area (Å²) >= 11 is 0. The molecule has 0 radical (unpaired) electrons. The number of imide groups is 1. The predicted octanol–water partition coefficient (Wildman–Crippen LogP) is 1.38. The molecule has 1 unspecified atom stereocenters. The Balaban J connectivity index is 2.13. The molecule has 102 valence electrons. The van der Waals surface area contributed by atoms with E-state index in [9.17, 15) is 14.7 Å². The van der Waals surface area contributed by atoms with Crippen LogP contribution < -0.4 is 0 Å². The van der Waals surface area contributed by atoms with Crippen LogP contribution in [0.2, 0.25) is 0 Å². The van der Waals surface area contributed by atoms with E-state index in [0.29, 0.717) is 19.3 Å². The second kappa shape index (κ2) is 5.97. The zero-order chi connectivity index (χ0) is 13.8. The first-order chi connectivity index (χ1) is 9.11. The van der Waals surface area contributed by atoms with Crippen LogP contribution in [-0.4, -0.2) is 34.5 Å². The molecule has 0 aromatic heterocycles. The number of hydrogen-bond donors (Lipinski definition) is 1. The van der Waals surface area contributed by atoms with Gasteiger partial charge in [-0.2, -0.15) is 0 Å². The minimum Gasteiger partial charge on any atom is -0.394 e. The number of carbonyl (C=O) groups is 2. The van der Waals surface area contributed by atoms with E-state index in [4.69, 9.17) is 0 Å². The van der Waals surface area contributed by atoms with E-state index >= 15 is 0 Å². The molecule has 4 heteroatoms. The molecule has 2 amide bonds. The molecule has 0 spiro atoms. The maximum absolute atomic E-state index is 12.0. The van der Waals surface area contributed by atoms with E-state index in [2.05, 4.69) is 0 Å². The normalized spacial score (nSPS) is 18.7.